The van der Waals surface area contributed by atoms with Gasteiger partial charge in [-0.25, -0.2) is 13.8 Å². The molecule has 2 aliphatic rings. The number of amides is 2. The third-order valence-corrected chi connectivity index (χ3v) is 9.96. The number of hydrogen-bond donors (Lipinski definition) is 3. The van der Waals surface area contributed by atoms with E-state index in [-0.39, 0.29) is 41.6 Å². The van der Waals surface area contributed by atoms with Gasteiger partial charge in [-0.3, -0.25) is 9.59 Å². The van der Waals surface area contributed by atoms with Crippen LogP contribution in [-0.2, 0) is 22.6 Å². The van der Waals surface area contributed by atoms with Crippen LogP contribution in [0.5, 0.6) is 0 Å². The SMILES string of the molecule is CC(C)[C@H](N)C(=O)N1CCC[C@H]1Cc1c(-c2nc3cc(F)ccc3n2C[C@@H]2CCCN2C(=O)[C@@H](N)C(C)C)[nH]c2cc(F)ccc12. The van der Waals surface area contributed by atoms with E-state index < -0.39 is 17.9 Å². The molecule has 2 fully saturated rings. The number of aromatic amines is 1. The molecule has 0 bridgehead atoms. The third kappa shape index (κ3) is 5.90. The van der Waals surface area contributed by atoms with Crippen molar-refractivity contribution in [3.05, 3.63) is 53.6 Å². The van der Waals surface area contributed by atoms with Crippen LogP contribution in [0.4, 0.5) is 8.78 Å². The Hall–Kier alpha value is -3.83. The lowest BCUT2D eigenvalue weighted by molar-refractivity contribution is -0.135. The molecule has 0 unspecified atom stereocenters. The molecule has 4 aromatic rings. The van der Waals surface area contributed by atoms with Crippen molar-refractivity contribution in [2.24, 2.45) is 23.3 Å². The molecule has 0 aliphatic carbocycles. The molecule has 2 aromatic carbocycles. The highest BCUT2D eigenvalue weighted by molar-refractivity contribution is 5.92. The van der Waals surface area contributed by atoms with Gasteiger partial charge in [0, 0.05) is 48.7 Å². The molecule has 246 valence electrons. The topological polar surface area (TPSA) is 126 Å². The summed E-state index contributed by atoms with van der Waals surface area (Å²) in [6.07, 6.45) is 3.87. The van der Waals surface area contributed by atoms with Crippen LogP contribution in [0.3, 0.4) is 0 Å². The van der Waals surface area contributed by atoms with Gasteiger partial charge in [0.05, 0.1) is 28.8 Å². The first-order chi connectivity index (χ1) is 21.9. The number of nitrogens with two attached hydrogens (primary N) is 2. The van der Waals surface area contributed by atoms with Gasteiger partial charge in [0.25, 0.3) is 0 Å². The van der Waals surface area contributed by atoms with Crippen LogP contribution in [-0.4, -0.2) is 73.4 Å². The zero-order chi connectivity index (χ0) is 32.9. The summed E-state index contributed by atoms with van der Waals surface area (Å²) >= 11 is 0. The van der Waals surface area contributed by atoms with Crippen molar-refractivity contribution in [3.63, 3.8) is 0 Å². The Labute approximate surface area is 268 Å². The molecule has 0 saturated carbocycles. The second kappa shape index (κ2) is 12.8. The number of nitrogens with zero attached hydrogens (tertiary/aromatic N) is 4. The third-order valence-electron chi connectivity index (χ3n) is 9.96. The molecule has 5 N–H and O–H groups in total. The summed E-state index contributed by atoms with van der Waals surface area (Å²) in [7, 11) is 0. The molecule has 0 spiro atoms. The van der Waals surface area contributed by atoms with Crippen LogP contribution in [0, 0.1) is 23.5 Å². The Balaban J connectivity index is 1.45. The number of carbonyl (C=O) groups excluding carboxylic acids is 2. The molecule has 2 amide bonds. The van der Waals surface area contributed by atoms with Gasteiger partial charge in [0.2, 0.25) is 11.8 Å². The summed E-state index contributed by atoms with van der Waals surface area (Å²) in [6.45, 7) is 9.48. The van der Waals surface area contributed by atoms with Crippen molar-refractivity contribution < 1.29 is 18.4 Å². The number of benzene rings is 2. The first kappa shape index (κ1) is 32.1. The van der Waals surface area contributed by atoms with E-state index in [9.17, 15) is 18.4 Å². The molecule has 2 aliphatic heterocycles. The van der Waals surface area contributed by atoms with Crippen molar-refractivity contribution in [3.8, 4) is 11.5 Å². The van der Waals surface area contributed by atoms with E-state index in [0.29, 0.717) is 48.6 Å². The summed E-state index contributed by atoms with van der Waals surface area (Å²) < 4.78 is 31.1. The molecule has 4 heterocycles. The van der Waals surface area contributed by atoms with E-state index in [2.05, 4.69) is 4.98 Å². The predicted octanol–water partition coefficient (Wildman–Crippen LogP) is 4.95. The van der Waals surface area contributed by atoms with E-state index in [1.165, 1.54) is 24.3 Å². The number of fused-ring (bicyclic) bond motifs is 2. The molecule has 6 rings (SSSR count). The quantitative estimate of drug-likeness (QED) is 0.240. The Kier molecular flexibility index (Phi) is 8.91. The van der Waals surface area contributed by atoms with Gasteiger partial charge in [0.1, 0.15) is 11.6 Å². The number of hydrogen-bond acceptors (Lipinski definition) is 5. The van der Waals surface area contributed by atoms with Gasteiger partial charge in [-0.1, -0.05) is 27.7 Å². The maximum Gasteiger partial charge on any atom is 0.240 e. The van der Waals surface area contributed by atoms with E-state index >= 15 is 0 Å². The summed E-state index contributed by atoms with van der Waals surface area (Å²) in [5.41, 5.74) is 16.1. The lowest BCUT2D eigenvalue weighted by atomic mass is 9.98. The monoisotopic (exact) mass is 633 g/mol. The van der Waals surface area contributed by atoms with Gasteiger partial charge in [-0.2, -0.15) is 0 Å². The molecule has 4 atom stereocenters. The first-order valence-corrected chi connectivity index (χ1v) is 16.5. The number of likely N-dealkylation sites (tertiary alicyclic amines) is 2. The Morgan fingerprint density at radius 2 is 1.48 bits per heavy atom. The van der Waals surface area contributed by atoms with Crippen molar-refractivity contribution in [2.45, 2.75) is 90.5 Å². The van der Waals surface area contributed by atoms with Crippen LogP contribution in [0.15, 0.2) is 36.4 Å². The van der Waals surface area contributed by atoms with Crippen molar-refractivity contribution in [1.29, 1.82) is 0 Å². The van der Waals surface area contributed by atoms with Crippen molar-refractivity contribution in [2.75, 3.05) is 13.1 Å². The lowest BCUT2D eigenvalue weighted by Crippen LogP contribution is -2.49. The van der Waals surface area contributed by atoms with Crippen LogP contribution in [0.2, 0.25) is 0 Å². The minimum absolute atomic E-state index is 0.00721. The summed E-state index contributed by atoms with van der Waals surface area (Å²) in [4.78, 5) is 39.0. The van der Waals surface area contributed by atoms with Gasteiger partial charge >= 0.3 is 0 Å². The smallest absolute Gasteiger partial charge is 0.240 e. The Bertz CT molecular complexity index is 1630. The van der Waals surface area contributed by atoms with E-state index in [1.807, 2.05) is 42.1 Å². The zero-order valence-electron chi connectivity index (χ0n) is 27.1. The van der Waals surface area contributed by atoms with Crippen LogP contribution in [0.25, 0.3) is 33.5 Å². The van der Waals surface area contributed by atoms with E-state index in [1.54, 1.807) is 12.1 Å². The van der Waals surface area contributed by atoms with E-state index in [4.69, 9.17) is 16.5 Å². The van der Waals surface area contributed by atoms with Gasteiger partial charge in [0.15, 0.2) is 5.82 Å². The minimum atomic E-state index is -0.593. The van der Waals surface area contributed by atoms with Gasteiger partial charge in [-0.15, -0.1) is 0 Å². The predicted molar refractivity (Wildman–Crippen MR) is 176 cm³/mol. The second-order valence-corrected chi connectivity index (χ2v) is 13.7. The highest BCUT2D eigenvalue weighted by atomic mass is 19.1. The van der Waals surface area contributed by atoms with Crippen LogP contribution in [0.1, 0.15) is 58.9 Å². The molecule has 2 saturated heterocycles. The lowest BCUT2D eigenvalue weighted by Gasteiger charge is -2.30. The fraction of sp³-hybridized carbons (Fsp3) is 0.514. The Morgan fingerprint density at radius 3 is 2.13 bits per heavy atom. The van der Waals surface area contributed by atoms with Gasteiger partial charge < -0.3 is 30.8 Å². The number of imidazole rings is 1. The molecule has 11 heteroatoms. The number of rotatable bonds is 9. The average molecular weight is 634 g/mol. The fourth-order valence-corrected chi connectivity index (χ4v) is 7.16. The Morgan fingerprint density at radius 1 is 0.891 bits per heavy atom. The normalized spacial score (nSPS) is 20.1. The molecule has 46 heavy (non-hydrogen) atoms. The zero-order valence-corrected chi connectivity index (χ0v) is 27.1. The van der Waals surface area contributed by atoms with Crippen LogP contribution >= 0.6 is 0 Å². The number of nitrogens with one attached hydrogen (secondary N) is 1. The second-order valence-electron chi connectivity index (χ2n) is 13.7. The van der Waals surface area contributed by atoms with Crippen LogP contribution < -0.4 is 11.5 Å². The summed E-state index contributed by atoms with van der Waals surface area (Å²) in [5, 5.41) is 0.842. The molecular formula is C35H45F2N7O2. The summed E-state index contributed by atoms with van der Waals surface area (Å²) in [5.74, 6) is -0.297. The molecular weight excluding hydrogens is 588 g/mol. The minimum Gasteiger partial charge on any atom is -0.352 e. The van der Waals surface area contributed by atoms with Crippen molar-refractivity contribution >= 4 is 33.8 Å². The molecule has 0 radical (unpaired) electrons. The highest BCUT2D eigenvalue weighted by Crippen LogP contribution is 2.36. The average Bonchev–Trinajstić information content (AvgIpc) is 3.81. The number of aromatic nitrogens is 3. The maximum atomic E-state index is 14.5. The van der Waals surface area contributed by atoms with Gasteiger partial charge in [-0.05, 0) is 79.8 Å². The molecule has 2 aromatic heterocycles. The summed E-state index contributed by atoms with van der Waals surface area (Å²) in [6, 6.07) is 7.82. The number of carbonyl (C=O) groups is 2. The molecule has 9 nitrogen and oxygen atoms in total. The number of halogens is 2. The van der Waals surface area contributed by atoms with Crippen molar-refractivity contribution in [1.82, 2.24) is 24.3 Å². The standard InChI is InChI=1S/C35H45F2N7O2/c1-19(2)30(38)34(45)42-13-5-7-23(42)17-26-25-11-9-21(36)15-27(25)40-32(26)33-41-28-16-22(37)10-12-29(28)44(33)18-24-8-6-14-43(24)35(46)31(39)20(3)4/h9-12,15-16,19-20,23-24,30-31,40H,5-8,13-14,17-18,38-39H2,1-4H3/t23-,24-,30-,31-/m0/s1. The first-order valence-electron chi connectivity index (χ1n) is 16.5. The highest BCUT2D eigenvalue weighted by Gasteiger charge is 2.36. The fourth-order valence-electron chi connectivity index (χ4n) is 7.16. The largest absolute Gasteiger partial charge is 0.352 e. The maximum absolute atomic E-state index is 14.5. The van der Waals surface area contributed by atoms with E-state index in [0.717, 1.165) is 42.1 Å². The number of H-pyrrole nitrogens is 1.